The zero-order valence-corrected chi connectivity index (χ0v) is 15.1. The first kappa shape index (κ1) is 19.3. The molecule has 0 spiro atoms. The van der Waals surface area contributed by atoms with Gasteiger partial charge in [0.05, 0.1) is 25.8 Å². The fourth-order valence-corrected chi connectivity index (χ4v) is 2.44. The number of rotatable bonds is 9. The SMILES string of the molecule is CCOC(=O)c1ccccc1NCC(=O)NCCc1cccc(OC)c1. The van der Waals surface area contributed by atoms with Crippen molar-refractivity contribution in [2.75, 3.05) is 32.1 Å². The molecule has 2 N–H and O–H groups in total. The molecule has 0 atom stereocenters. The largest absolute Gasteiger partial charge is 0.497 e. The van der Waals surface area contributed by atoms with Crippen LogP contribution in [0.5, 0.6) is 5.75 Å². The van der Waals surface area contributed by atoms with Crippen LogP contribution in [0, 0.1) is 0 Å². The van der Waals surface area contributed by atoms with Crippen LogP contribution in [0.15, 0.2) is 48.5 Å². The van der Waals surface area contributed by atoms with E-state index in [4.69, 9.17) is 9.47 Å². The van der Waals surface area contributed by atoms with Crippen molar-refractivity contribution in [3.63, 3.8) is 0 Å². The maximum atomic E-state index is 12.0. The highest BCUT2D eigenvalue weighted by Crippen LogP contribution is 2.16. The first-order valence-corrected chi connectivity index (χ1v) is 8.53. The lowest BCUT2D eigenvalue weighted by atomic mass is 10.1. The van der Waals surface area contributed by atoms with Crippen molar-refractivity contribution in [3.05, 3.63) is 59.7 Å². The monoisotopic (exact) mass is 356 g/mol. The van der Waals surface area contributed by atoms with E-state index in [0.717, 1.165) is 11.3 Å². The van der Waals surface area contributed by atoms with Crippen molar-refractivity contribution in [2.45, 2.75) is 13.3 Å². The van der Waals surface area contributed by atoms with Crippen molar-refractivity contribution in [1.29, 1.82) is 0 Å². The van der Waals surface area contributed by atoms with E-state index in [2.05, 4.69) is 10.6 Å². The highest BCUT2D eigenvalue weighted by atomic mass is 16.5. The molecular formula is C20H24N2O4. The Morgan fingerprint density at radius 2 is 1.88 bits per heavy atom. The fourth-order valence-electron chi connectivity index (χ4n) is 2.44. The van der Waals surface area contributed by atoms with E-state index in [9.17, 15) is 9.59 Å². The Morgan fingerprint density at radius 1 is 1.08 bits per heavy atom. The van der Waals surface area contributed by atoms with E-state index in [-0.39, 0.29) is 12.5 Å². The summed E-state index contributed by atoms with van der Waals surface area (Å²) in [7, 11) is 1.63. The van der Waals surface area contributed by atoms with Crippen molar-refractivity contribution < 1.29 is 19.1 Å². The van der Waals surface area contributed by atoms with Gasteiger partial charge in [0, 0.05) is 12.2 Å². The first-order valence-electron chi connectivity index (χ1n) is 8.53. The lowest BCUT2D eigenvalue weighted by Crippen LogP contribution is -2.31. The predicted octanol–water partition coefficient (Wildman–Crippen LogP) is 2.64. The van der Waals surface area contributed by atoms with Crippen molar-refractivity contribution in [3.8, 4) is 5.75 Å². The minimum atomic E-state index is -0.408. The predicted molar refractivity (Wildman–Crippen MR) is 101 cm³/mol. The molecule has 1 amide bonds. The molecule has 0 radical (unpaired) electrons. The summed E-state index contributed by atoms with van der Waals surface area (Å²) in [6, 6.07) is 14.7. The molecule has 2 aromatic carbocycles. The summed E-state index contributed by atoms with van der Waals surface area (Å²) in [5.41, 5.74) is 2.08. The number of benzene rings is 2. The second kappa shape index (κ2) is 10.1. The van der Waals surface area contributed by atoms with E-state index in [1.165, 1.54) is 0 Å². The third-order valence-electron chi connectivity index (χ3n) is 3.73. The molecule has 0 aromatic heterocycles. The molecule has 0 saturated heterocycles. The first-order chi connectivity index (χ1) is 12.6. The maximum absolute atomic E-state index is 12.0. The van der Waals surface area contributed by atoms with Gasteiger partial charge >= 0.3 is 5.97 Å². The summed E-state index contributed by atoms with van der Waals surface area (Å²) in [4.78, 5) is 23.9. The topological polar surface area (TPSA) is 76.7 Å². The Balaban J connectivity index is 1.81. The average molecular weight is 356 g/mol. The van der Waals surface area contributed by atoms with Crippen LogP contribution in [-0.4, -0.2) is 38.7 Å². The lowest BCUT2D eigenvalue weighted by Gasteiger charge is -2.11. The number of carbonyl (C=O) groups excluding carboxylic acids is 2. The molecule has 0 unspecified atom stereocenters. The van der Waals surface area contributed by atoms with Gasteiger partial charge in [0.1, 0.15) is 5.75 Å². The van der Waals surface area contributed by atoms with Crippen LogP contribution < -0.4 is 15.4 Å². The molecule has 2 aromatic rings. The molecule has 0 bridgehead atoms. The number of hydrogen-bond acceptors (Lipinski definition) is 5. The van der Waals surface area contributed by atoms with Crippen molar-refractivity contribution in [1.82, 2.24) is 5.32 Å². The molecule has 6 nitrogen and oxygen atoms in total. The van der Waals surface area contributed by atoms with Gasteiger partial charge in [0.25, 0.3) is 0 Å². The Morgan fingerprint density at radius 3 is 2.65 bits per heavy atom. The van der Waals surface area contributed by atoms with E-state index < -0.39 is 5.97 Å². The molecule has 6 heteroatoms. The van der Waals surface area contributed by atoms with Gasteiger partial charge in [0.15, 0.2) is 0 Å². The third kappa shape index (κ3) is 5.81. The summed E-state index contributed by atoms with van der Waals surface area (Å²) in [5.74, 6) is 0.242. The highest BCUT2D eigenvalue weighted by Gasteiger charge is 2.12. The minimum Gasteiger partial charge on any atom is -0.497 e. The van der Waals surface area contributed by atoms with E-state index in [1.54, 1.807) is 38.3 Å². The van der Waals surface area contributed by atoms with Crippen LogP contribution >= 0.6 is 0 Å². The van der Waals surface area contributed by atoms with Gasteiger partial charge in [-0.05, 0) is 43.2 Å². The number of nitrogens with one attached hydrogen (secondary N) is 2. The summed E-state index contributed by atoms with van der Waals surface area (Å²) < 4.78 is 10.2. The van der Waals surface area contributed by atoms with Gasteiger partial charge in [-0.15, -0.1) is 0 Å². The number of amides is 1. The van der Waals surface area contributed by atoms with Gasteiger partial charge in [-0.25, -0.2) is 4.79 Å². The Bertz CT molecular complexity index is 746. The van der Waals surface area contributed by atoms with Crippen LogP contribution in [0.25, 0.3) is 0 Å². The molecule has 0 saturated carbocycles. The van der Waals surface area contributed by atoms with Crippen LogP contribution in [0.2, 0.25) is 0 Å². The molecule has 2 rings (SSSR count). The third-order valence-corrected chi connectivity index (χ3v) is 3.73. The van der Waals surface area contributed by atoms with E-state index in [1.807, 2.05) is 24.3 Å². The van der Waals surface area contributed by atoms with Crippen molar-refractivity contribution >= 4 is 17.6 Å². The Hall–Kier alpha value is -3.02. The van der Waals surface area contributed by atoms with Crippen LogP contribution in [-0.2, 0) is 16.0 Å². The summed E-state index contributed by atoms with van der Waals surface area (Å²) in [5, 5.41) is 5.84. The number of carbonyl (C=O) groups is 2. The normalized spacial score (nSPS) is 10.1. The number of ether oxygens (including phenoxy) is 2. The van der Waals surface area contributed by atoms with Gasteiger partial charge < -0.3 is 20.1 Å². The van der Waals surface area contributed by atoms with Gasteiger partial charge in [0.2, 0.25) is 5.91 Å². The number of anilines is 1. The minimum absolute atomic E-state index is 0.0779. The fraction of sp³-hybridized carbons (Fsp3) is 0.300. The number of para-hydroxylation sites is 1. The van der Waals surface area contributed by atoms with Gasteiger partial charge in [-0.3, -0.25) is 4.79 Å². The van der Waals surface area contributed by atoms with Crippen LogP contribution in [0.3, 0.4) is 0 Å². The molecule has 138 valence electrons. The van der Waals surface area contributed by atoms with Crippen LogP contribution in [0.4, 0.5) is 5.69 Å². The summed E-state index contributed by atoms with van der Waals surface area (Å²) in [6.45, 7) is 2.66. The second-order valence-corrected chi connectivity index (χ2v) is 5.57. The van der Waals surface area contributed by atoms with E-state index >= 15 is 0 Å². The molecule has 0 heterocycles. The van der Waals surface area contributed by atoms with Crippen molar-refractivity contribution in [2.24, 2.45) is 0 Å². The quantitative estimate of drug-likeness (QED) is 0.676. The Labute approximate surface area is 153 Å². The highest BCUT2D eigenvalue weighted by molar-refractivity contribution is 5.96. The smallest absolute Gasteiger partial charge is 0.340 e. The maximum Gasteiger partial charge on any atom is 0.340 e. The number of esters is 1. The lowest BCUT2D eigenvalue weighted by molar-refractivity contribution is -0.119. The van der Waals surface area contributed by atoms with Gasteiger partial charge in [-0.2, -0.15) is 0 Å². The molecule has 0 aliphatic heterocycles. The zero-order chi connectivity index (χ0) is 18.8. The molecule has 26 heavy (non-hydrogen) atoms. The average Bonchev–Trinajstić information content (AvgIpc) is 2.67. The molecule has 0 aliphatic rings. The zero-order valence-electron chi connectivity index (χ0n) is 15.1. The van der Waals surface area contributed by atoms with Crippen LogP contribution in [0.1, 0.15) is 22.8 Å². The molecule has 0 fully saturated rings. The molecule has 0 aliphatic carbocycles. The summed E-state index contributed by atoms with van der Waals surface area (Å²) >= 11 is 0. The number of methoxy groups -OCH3 is 1. The van der Waals surface area contributed by atoms with E-state index in [0.29, 0.717) is 30.8 Å². The second-order valence-electron chi connectivity index (χ2n) is 5.57. The molecular weight excluding hydrogens is 332 g/mol. The number of hydrogen-bond donors (Lipinski definition) is 2. The summed E-state index contributed by atoms with van der Waals surface area (Å²) in [6.07, 6.45) is 0.711. The standard InChI is InChI=1S/C20H24N2O4/c1-3-26-20(24)17-9-4-5-10-18(17)22-14-19(23)21-12-11-15-7-6-8-16(13-15)25-2/h4-10,13,22H,3,11-12,14H2,1-2H3,(H,21,23). The Kier molecular flexibility index (Phi) is 7.49. The van der Waals surface area contributed by atoms with Gasteiger partial charge in [-0.1, -0.05) is 24.3 Å².